The van der Waals surface area contributed by atoms with Crippen molar-refractivity contribution in [1.29, 1.82) is 0 Å². The molecule has 112 valence electrons. The number of rotatable bonds is 1. The first-order valence-corrected chi connectivity index (χ1v) is 6.96. The first-order chi connectivity index (χ1) is 8.66. The minimum atomic E-state index is -0.226. The summed E-state index contributed by atoms with van der Waals surface area (Å²) in [6.45, 7) is 5.93. The highest BCUT2D eigenvalue weighted by Crippen LogP contribution is 2.44. The summed E-state index contributed by atoms with van der Waals surface area (Å²) >= 11 is 0. The summed E-state index contributed by atoms with van der Waals surface area (Å²) in [5.74, 6) is 0. The average molecular weight is 272 g/mol. The molecule has 3 atom stereocenters. The number of nitrogens with zero attached hydrogens (tertiary/aromatic N) is 2. The van der Waals surface area contributed by atoms with Gasteiger partial charge in [0.2, 0.25) is 0 Å². The molecule has 3 unspecified atom stereocenters. The number of aliphatic hydroxyl groups is 1. The van der Waals surface area contributed by atoms with Gasteiger partial charge < -0.3 is 14.7 Å². The van der Waals surface area contributed by atoms with Gasteiger partial charge in [0.05, 0.1) is 12.6 Å². The molecule has 3 aliphatic heterocycles. The van der Waals surface area contributed by atoms with Gasteiger partial charge in [-0.2, -0.15) is 0 Å². The van der Waals surface area contributed by atoms with E-state index in [-0.39, 0.29) is 37.8 Å². The van der Waals surface area contributed by atoms with Crippen LogP contribution in [-0.2, 0) is 4.74 Å². The first kappa shape index (κ1) is 16.2. The van der Waals surface area contributed by atoms with Crippen molar-refractivity contribution in [2.75, 3.05) is 26.7 Å². The predicted octanol–water partition coefficient (Wildman–Crippen LogP) is 1.70. The minimum Gasteiger partial charge on any atom is -0.444 e. The maximum absolute atomic E-state index is 11.5. The Hall–Kier alpha value is -0.810. The molecule has 0 radical (unpaired) electrons. The van der Waals surface area contributed by atoms with Crippen molar-refractivity contribution in [2.24, 2.45) is 0 Å². The van der Waals surface area contributed by atoms with Crippen LogP contribution in [0.4, 0.5) is 4.79 Å². The smallest absolute Gasteiger partial charge is 0.409 e. The molecule has 0 bridgehead atoms. The molecule has 5 heteroatoms. The number of fused-ring (bicyclic) bond motifs is 3. The van der Waals surface area contributed by atoms with Gasteiger partial charge in [-0.3, -0.25) is 4.90 Å². The lowest BCUT2D eigenvalue weighted by Crippen LogP contribution is -2.54. The van der Waals surface area contributed by atoms with Gasteiger partial charge in [0.1, 0.15) is 6.10 Å². The second-order valence-corrected chi connectivity index (χ2v) is 5.25. The molecule has 3 fully saturated rings. The van der Waals surface area contributed by atoms with Gasteiger partial charge in [0.25, 0.3) is 0 Å². The third kappa shape index (κ3) is 2.46. The second kappa shape index (κ2) is 6.09. The fourth-order valence-electron chi connectivity index (χ4n) is 3.55. The van der Waals surface area contributed by atoms with E-state index in [0.717, 1.165) is 32.4 Å². The van der Waals surface area contributed by atoms with Crippen molar-refractivity contribution >= 4 is 6.09 Å². The van der Waals surface area contributed by atoms with Crippen molar-refractivity contribution in [3.8, 4) is 0 Å². The van der Waals surface area contributed by atoms with Crippen molar-refractivity contribution in [1.82, 2.24) is 9.80 Å². The van der Waals surface area contributed by atoms with E-state index < -0.39 is 0 Å². The molecule has 0 saturated carbocycles. The SMILES string of the molecule is C.CC.CN1CC2C(CC3(CO)CCCN23)OC1=O. The Balaban J connectivity index is 0.000000576. The number of amides is 1. The normalized spacial score (nSPS) is 36.6. The van der Waals surface area contributed by atoms with E-state index in [0.29, 0.717) is 0 Å². The highest BCUT2D eigenvalue weighted by molar-refractivity contribution is 5.68. The summed E-state index contributed by atoms with van der Waals surface area (Å²) in [6.07, 6.45) is 2.72. The lowest BCUT2D eigenvalue weighted by molar-refractivity contribution is 0.00274. The van der Waals surface area contributed by atoms with Crippen LogP contribution in [0.5, 0.6) is 0 Å². The van der Waals surface area contributed by atoms with Crippen molar-refractivity contribution in [3.63, 3.8) is 0 Å². The maximum Gasteiger partial charge on any atom is 0.409 e. The molecule has 0 spiro atoms. The van der Waals surface area contributed by atoms with E-state index in [1.165, 1.54) is 0 Å². The van der Waals surface area contributed by atoms with E-state index in [1.54, 1.807) is 11.9 Å². The van der Waals surface area contributed by atoms with Crippen LogP contribution in [0.25, 0.3) is 0 Å². The minimum absolute atomic E-state index is 0. The highest BCUT2D eigenvalue weighted by atomic mass is 16.6. The van der Waals surface area contributed by atoms with E-state index >= 15 is 0 Å². The molecule has 0 aromatic rings. The summed E-state index contributed by atoms with van der Waals surface area (Å²) in [4.78, 5) is 15.5. The number of carbonyl (C=O) groups excluding carboxylic acids is 1. The van der Waals surface area contributed by atoms with E-state index in [1.807, 2.05) is 13.8 Å². The molecular weight excluding hydrogens is 244 g/mol. The summed E-state index contributed by atoms with van der Waals surface area (Å²) in [5.41, 5.74) is -0.110. The third-order valence-electron chi connectivity index (χ3n) is 4.38. The molecule has 1 amide bonds. The molecule has 3 saturated heterocycles. The zero-order valence-electron chi connectivity index (χ0n) is 11.6. The quantitative estimate of drug-likeness (QED) is 0.789. The van der Waals surface area contributed by atoms with Gasteiger partial charge >= 0.3 is 6.09 Å². The Labute approximate surface area is 116 Å². The number of hydrogen-bond donors (Lipinski definition) is 1. The van der Waals surface area contributed by atoms with Crippen LogP contribution in [0.1, 0.15) is 40.5 Å². The zero-order chi connectivity index (χ0) is 13.3. The van der Waals surface area contributed by atoms with Crippen molar-refractivity contribution in [3.05, 3.63) is 0 Å². The van der Waals surface area contributed by atoms with E-state index in [2.05, 4.69) is 4.90 Å². The van der Waals surface area contributed by atoms with Crippen LogP contribution in [0.3, 0.4) is 0 Å². The fourth-order valence-corrected chi connectivity index (χ4v) is 3.55. The zero-order valence-corrected chi connectivity index (χ0v) is 11.6. The molecular formula is C14H28N2O3. The van der Waals surface area contributed by atoms with Crippen LogP contribution >= 0.6 is 0 Å². The number of aliphatic hydroxyl groups excluding tert-OH is 1. The monoisotopic (exact) mass is 272 g/mol. The first-order valence-electron chi connectivity index (χ1n) is 6.96. The largest absolute Gasteiger partial charge is 0.444 e. The summed E-state index contributed by atoms with van der Waals surface area (Å²) in [5, 5.41) is 9.61. The Morgan fingerprint density at radius 1 is 1.47 bits per heavy atom. The van der Waals surface area contributed by atoms with Crippen molar-refractivity contribution in [2.45, 2.75) is 58.2 Å². The second-order valence-electron chi connectivity index (χ2n) is 5.25. The van der Waals surface area contributed by atoms with Gasteiger partial charge in [0, 0.05) is 25.6 Å². The molecule has 0 aromatic heterocycles. The van der Waals surface area contributed by atoms with Crippen LogP contribution in [-0.4, -0.2) is 65.4 Å². The van der Waals surface area contributed by atoms with Crippen molar-refractivity contribution < 1.29 is 14.6 Å². The van der Waals surface area contributed by atoms with Gasteiger partial charge in [-0.15, -0.1) is 0 Å². The third-order valence-corrected chi connectivity index (χ3v) is 4.38. The Morgan fingerprint density at radius 2 is 2.16 bits per heavy atom. The predicted molar refractivity (Wildman–Crippen MR) is 75.1 cm³/mol. The molecule has 19 heavy (non-hydrogen) atoms. The van der Waals surface area contributed by atoms with Crippen LogP contribution < -0.4 is 0 Å². The van der Waals surface area contributed by atoms with Gasteiger partial charge in [0.15, 0.2) is 0 Å². The number of hydrogen-bond acceptors (Lipinski definition) is 4. The summed E-state index contributed by atoms with van der Waals surface area (Å²) in [6, 6.07) is 0.275. The maximum atomic E-state index is 11.5. The van der Waals surface area contributed by atoms with E-state index in [9.17, 15) is 9.90 Å². The molecule has 5 nitrogen and oxygen atoms in total. The van der Waals surface area contributed by atoms with Gasteiger partial charge in [-0.05, 0) is 19.4 Å². The van der Waals surface area contributed by atoms with Crippen LogP contribution in [0.2, 0.25) is 0 Å². The Morgan fingerprint density at radius 3 is 2.79 bits per heavy atom. The van der Waals surface area contributed by atoms with Gasteiger partial charge in [-0.25, -0.2) is 4.79 Å². The molecule has 0 aliphatic carbocycles. The highest BCUT2D eigenvalue weighted by Gasteiger charge is 2.56. The Bertz CT molecular complexity index is 324. The molecule has 3 aliphatic rings. The molecule has 1 N–H and O–H groups in total. The topological polar surface area (TPSA) is 53.0 Å². The lowest BCUT2D eigenvalue weighted by atomic mass is 9.94. The molecule has 3 heterocycles. The lowest BCUT2D eigenvalue weighted by Gasteiger charge is -2.37. The summed E-state index contributed by atoms with van der Waals surface area (Å²) < 4.78 is 5.42. The Kier molecular flexibility index (Phi) is 5.21. The van der Waals surface area contributed by atoms with E-state index in [4.69, 9.17) is 4.74 Å². The summed E-state index contributed by atoms with van der Waals surface area (Å²) in [7, 11) is 1.77. The average Bonchev–Trinajstić information content (AvgIpc) is 2.90. The molecule has 3 rings (SSSR count). The fraction of sp³-hybridized carbons (Fsp3) is 0.929. The van der Waals surface area contributed by atoms with Crippen LogP contribution in [0.15, 0.2) is 0 Å². The standard InChI is InChI=1S/C11H18N2O3.C2H6.CH4/c1-12-6-8-9(16-10(12)15)5-11(7-14)3-2-4-13(8)11;1-2;/h8-9,14H,2-7H2,1H3;1-2H3;1H4. The number of carbonyl (C=O) groups is 1. The van der Waals surface area contributed by atoms with Crippen LogP contribution in [0, 0.1) is 0 Å². The number of ether oxygens (including phenoxy) is 1. The number of likely N-dealkylation sites (N-methyl/N-ethyl adjacent to an activating group) is 1. The molecule has 0 aromatic carbocycles. The van der Waals surface area contributed by atoms with Gasteiger partial charge in [-0.1, -0.05) is 21.3 Å².